The maximum Gasteiger partial charge on any atom is 0.168 e. The largest absolute Gasteiger partial charge is 0.337 e. The first-order valence-corrected chi connectivity index (χ1v) is 8.29. The summed E-state index contributed by atoms with van der Waals surface area (Å²) in [5, 5.41) is 0. The molecule has 0 unspecified atom stereocenters. The SMILES string of the molecule is Cn1cc(-c2cccc(F)c2F)nc1CCc1cnc2ccccc2n1. The van der Waals surface area contributed by atoms with Gasteiger partial charge in [-0.3, -0.25) is 4.98 Å². The molecule has 0 radical (unpaired) electrons. The van der Waals surface area contributed by atoms with Gasteiger partial charge in [-0.25, -0.2) is 18.7 Å². The summed E-state index contributed by atoms with van der Waals surface area (Å²) >= 11 is 0. The number of aromatic nitrogens is 4. The molecule has 0 aliphatic rings. The van der Waals surface area contributed by atoms with Gasteiger partial charge in [-0.05, 0) is 30.7 Å². The minimum atomic E-state index is -0.877. The number of fused-ring (bicyclic) bond motifs is 1. The fourth-order valence-electron chi connectivity index (χ4n) is 2.92. The van der Waals surface area contributed by atoms with E-state index >= 15 is 0 Å². The number of rotatable bonds is 4. The summed E-state index contributed by atoms with van der Waals surface area (Å²) in [5.74, 6) is -0.975. The fraction of sp³-hybridized carbons (Fsp3) is 0.150. The monoisotopic (exact) mass is 350 g/mol. The van der Waals surface area contributed by atoms with Gasteiger partial charge in [0.05, 0.1) is 22.4 Å². The molecule has 0 N–H and O–H groups in total. The number of halogens is 2. The van der Waals surface area contributed by atoms with E-state index in [9.17, 15) is 8.78 Å². The Balaban J connectivity index is 1.57. The fourth-order valence-corrected chi connectivity index (χ4v) is 2.92. The molecule has 0 aliphatic heterocycles. The van der Waals surface area contributed by atoms with Gasteiger partial charge in [0, 0.05) is 31.4 Å². The van der Waals surface area contributed by atoms with E-state index in [0.717, 1.165) is 28.6 Å². The lowest BCUT2D eigenvalue weighted by atomic mass is 10.1. The number of aryl methyl sites for hydroxylation is 3. The zero-order valence-electron chi connectivity index (χ0n) is 14.2. The first-order valence-electron chi connectivity index (χ1n) is 8.29. The smallest absolute Gasteiger partial charge is 0.168 e. The molecule has 2 heterocycles. The predicted molar refractivity (Wildman–Crippen MR) is 95.5 cm³/mol. The van der Waals surface area contributed by atoms with Crippen LogP contribution in [0.3, 0.4) is 0 Å². The van der Waals surface area contributed by atoms with E-state index < -0.39 is 11.6 Å². The minimum absolute atomic E-state index is 0.164. The molecule has 4 aromatic rings. The van der Waals surface area contributed by atoms with E-state index in [1.165, 1.54) is 12.1 Å². The molecule has 26 heavy (non-hydrogen) atoms. The van der Waals surface area contributed by atoms with Gasteiger partial charge in [0.1, 0.15) is 5.82 Å². The highest BCUT2D eigenvalue weighted by Gasteiger charge is 2.14. The Kier molecular flexibility index (Phi) is 4.16. The number of benzene rings is 2. The van der Waals surface area contributed by atoms with E-state index in [1.54, 1.807) is 12.4 Å². The summed E-state index contributed by atoms with van der Waals surface area (Å²) in [7, 11) is 1.84. The Morgan fingerprint density at radius 1 is 0.923 bits per heavy atom. The Hall–Kier alpha value is -3.15. The second-order valence-electron chi connectivity index (χ2n) is 6.10. The third kappa shape index (κ3) is 3.06. The van der Waals surface area contributed by atoms with E-state index in [1.807, 2.05) is 35.9 Å². The lowest BCUT2D eigenvalue weighted by Gasteiger charge is -2.03. The van der Waals surface area contributed by atoms with Crippen molar-refractivity contribution in [2.75, 3.05) is 0 Å². The Morgan fingerprint density at radius 3 is 2.58 bits per heavy atom. The molecule has 0 bridgehead atoms. The maximum atomic E-state index is 14.0. The molecular formula is C20H16F2N4. The molecular weight excluding hydrogens is 334 g/mol. The molecule has 2 aromatic heterocycles. The number of imidazole rings is 1. The first-order chi connectivity index (χ1) is 12.6. The summed E-state index contributed by atoms with van der Waals surface area (Å²) < 4.78 is 29.3. The Bertz CT molecular complexity index is 1090. The molecule has 0 saturated carbocycles. The number of nitrogens with zero attached hydrogens (tertiary/aromatic N) is 4. The quantitative estimate of drug-likeness (QED) is 0.557. The minimum Gasteiger partial charge on any atom is -0.337 e. The first kappa shape index (κ1) is 16.3. The third-order valence-electron chi connectivity index (χ3n) is 4.30. The molecule has 0 saturated heterocycles. The molecule has 130 valence electrons. The van der Waals surface area contributed by atoms with Gasteiger partial charge in [0.25, 0.3) is 0 Å². The van der Waals surface area contributed by atoms with Crippen LogP contribution in [0.15, 0.2) is 54.9 Å². The van der Waals surface area contributed by atoms with E-state index in [-0.39, 0.29) is 5.56 Å². The summed E-state index contributed by atoms with van der Waals surface area (Å²) in [6.45, 7) is 0. The highest BCUT2D eigenvalue weighted by Crippen LogP contribution is 2.24. The highest BCUT2D eigenvalue weighted by molar-refractivity contribution is 5.73. The zero-order valence-corrected chi connectivity index (χ0v) is 14.2. The van der Waals surface area contributed by atoms with Crippen molar-refractivity contribution in [2.45, 2.75) is 12.8 Å². The van der Waals surface area contributed by atoms with Crippen molar-refractivity contribution in [1.82, 2.24) is 19.5 Å². The standard InChI is InChI=1S/C20H16F2N4/c1-26-12-18(14-5-4-6-15(21)20(14)22)25-19(26)10-9-13-11-23-16-7-2-3-8-17(16)24-13/h2-8,11-12H,9-10H2,1H3. The van der Waals surface area contributed by atoms with Crippen LogP contribution in [-0.4, -0.2) is 19.5 Å². The van der Waals surface area contributed by atoms with E-state index in [0.29, 0.717) is 18.5 Å². The molecule has 0 spiro atoms. The lowest BCUT2D eigenvalue weighted by molar-refractivity contribution is 0.511. The summed E-state index contributed by atoms with van der Waals surface area (Å²) in [6.07, 6.45) is 4.76. The average molecular weight is 350 g/mol. The van der Waals surface area contributed by atoms with Gasteiger partial charge in [0.2, 0.25) is 0 Å². The van der Waals surface area contributed by atoms with Gasteiger partial charge < -0.3 is 4.57 Å². The van der Waals surface area contributed by atoms with Gasteiger partial charge in [-0.15, -0.1) is 0 Å². The number of hydrogen-bond donors (Lipinski definition) is 0. The van der Waals surface area contributed by atoms with Crippen LogP contribution in [0.25, 0.3) is 22.3 Å². The van der Waals surface area contributed by atoms with Crippen molar-refractivity contribution in [3.8, 4) is 11.3 Å². The van der Waals surface area contributed by atoms with Crippen molar-refractivity contribution in [3.05, 3.63) is 78.0 Å². The molecule has 0 aliphatic carbocycles. The van der Waals surface area contributed by atoms with E-state index in [2.05, 4.69) is 15.0 Å². The molecule has 0 atom stereocenters. The second-order valence-corrected chi connectivity index (χ2v) is 6.10. The van der Waals surface area contributed by atoms with Crippen LogP contribution in [0.1, 0.15) is 11.5 Å². The number of hydrogen-bond acceptors (Lipinski definition) is 3. The zero-order chi connectivity index (χ0) is 18.1. The van der Waals surface area contributed by atoms with Crippen molar-refractivity contribution in [1.29, 1.82) is 0 Å². The van der Waals surface area contributed by atoms with Gasteiger partial charge in [0.15, 0.2) is 11.6 Å². The van der Waals surface area contributed by atoms with Crippen LogP contribution in [0.5, 0.6) is 0 Å². The number of para-hydroxylation sites is 2. The van der Waals surface area contributed by atoms with Crippen LogP contribution < -0.4 is 0 Å². The highest BCUT2D eigenvalue weighted by atomic mass is 19.2. The average Bonchev–Trinajstić information content (AvgIpc) is 3.02. The molecule has 0 amide bonds. The summed E-state index contributed by atoms with van der Waals surface area (Å²) in [6, 6.07) is 11.8. The van der Waals surface area contributed by atoms with Crippen LogP contribution in [0.4, 0.5) is 8.78 Å². The summed E-state index contributed by atoms with van der Waals surface area (Å²) in [5.41, 5.74) is 3.16. The normalized spacial score (nSPS) is 11.2. The van der Waals surface area contributed by atoms with Crippen molar-refractivity contribution < 1.29 is 8.78 Å². The molecule has 6 heteroatoms. The van der Waals surface area contributed by atoms with Crippen LogP contribution in [0.2, 0.25) is 0 Å². The van der Waals surface area contributed by atoms with E-state index in [4.69, 9.17) is 0 Å². The van der Waals surface area contributed by atoms with Gasteiger partial charge >= 0.3 is 0 Å². The predicted octanol–water partition coefficient (Wildman–Crippen LogP) is 4.09. The van der Waals surface area contributed by atoms with Crippen LogP contribution in [0, 0.1) is 11.6 Å². The second kappa shape index (κ2) is 6.63. The molecule has 2 aromatic carbocycles. The van der Waals surface area contributed by atoms with Gasteiger partial charge in [-0.1, -0.05) is 18.2 Å². The molecule has 4 nitrogen and oxygen atoms in total. The van der Waals surface area contributed by atoms with Crippen molar-refractivity contribution >= 4 is 11.0 Å². The topological polar surface area (TPSA) is 43.6 Å². The summed E-state index contributed by atoms with van der Waals surface area (Å²) in [4.78, 5) is 13.5. The maximum absolute atomic E-state index is 14.0. The molecule has 0 fully saturated rings. The van der Waals surface area contributed by atoms with Crippen LogP contribution >= 0.6 is 0 Å². The van der Waals surface area contributed by atoms with Crippen molar-refractivity contribution in [2.24, 2.45) is 7.05 Å². The Morgan fingerprint density at radius 2 is 1.73 bits per heavy atom. The third-order valence-corrected chi connectivity index (χ3v) is 4.30. The molecule has 4 rings (SSSR count). The Labute approximate surface area is 149 Å². The van der Waals surface area contributed by atoms with Gasteiger partial charge in [-0.2, -0.15) is 0 Å². The van der Waals surface area contributed by atoms with Crippen molar-refractivity contribution in [3.63, 3.8) is 0 Å². The lowest BCUT2D eigenvalue weighted by Crippen LogP contribution is -2.02. The van der Waals surface area contributed by atoms with Crippen LogP contribution in [-0.2, 0) is 19.9 Å².